The van der Waals surface area contributed by atoms with Gasteiger partial charge in [-0.3, -0.25) is 4.79 Å². The first-order valence-electron chi connectivity index (χ1n) is 6.90. The SMILES string of the molecule is CCOC(=O)/C=C/C(=O)OC[C@H](C)NC(=O)c1ccccc1. The van der Waals surface area contributed by atoms with Gasteiger partial charge >= 0.3 is 11.9 Å². The van der Waals surface area contributed by atoms with Crippen LogP contribution in [-0.2, 0) is 19.1 Å². The Hall–Kier alpha value is -2.63. The first kappa shape index (κ1) is 17.4. The number of ether oxygens (including phenoxy) is 2. The second kappa shape index (κ2) is 9.33. The zero-order chi connectivity index (χ0) is 16.4. The van der Waals surface area contributed by atoms with Crippen molar-refractivity contribution >= 4 is 17.8 Å². The molecule has 6 nitrogen and oxygen atoms in total. The second-order valence-corrected chi connectivity index (χ2v) is 4.46. The van der Waals surface area contributed by atoms with Gasteiger partial charge in [-0.2, -0.15) is 0 Å². The third-order valence-electron chi connectivity index (χ3n) is 2.53. The smallest absolute Gasteiger partial charge is 0.331 e. The Kier molecular flexibility index (Phi) is 7.39. The van der Waals surface area contributed by atoms with Crippen LogP contribution < -0.4 is 5.32 Å². The minimum absolute atomic E-state index is 0.00454. The lowest BCUT2D eigenvalue weighted by Gasteiger charge is -2.13. The van der Waals surface area contributed by atoms with Crippen LogP contribution in [0.5, 0.6) is 0 Å². The second-order valence-electron chi connectivity index (χ2n) is 4.46. The van der Waals surface area contributed by atoms with E-state index in [1.54, 1.807) is 38.1 Å². The normalized spacial score (nSPS) is 11.7. The van der Waals surface area contributed by atoms with Crippen LogP contribution in [0.2, 0.25) is 0 Å². The number of hydrogen-bond donors (Lipinski definition) is 1. The van der Waals surface area contributed by atoms with Crippen molar-refractivity contribution in [1.29, 1.82) is 0 Å². The summed E-state index contributed by atoms with van der Waals surface area (Å²) in [5.74, 6) is -1.52. The predicted octanol–water partition coefficient (Wildman–Crippen LogP) is 1.47. The number of rotatable bonds is 7. The highest BCUT2D eigenvalue weighted by atomic mass is 16.5. The van der Waals surface area contributed by atoms with E-state index < -0.39 is 11.9 Å². The molecule has 0 aliphatic heterocycles. The number of amides is 1. The summed E-state index contributed by atoms with van der Waals surface area (Å²) in [6.07, 6.45) is 1.99. The molecule has 1 aromatic carbocycles. The average molecular weight is 305 g/mol. The third-order valence-corrected chi connectivity index (χ3v) is 2.53. The van der Waals surface area contributed by atoms with Crippen molar-refractivity contribution in [3.63, 3.8) is 0 Å². The molecule has 0 heterocycles. The van der Waals surface area contributed by atoms with Crippen LogP contribution in [0.4, 0.5) is 0 Å². The van der Waals surface area contributed by atoms with Gasteiger partial charge in [0.25, 0.3) is 5.91 Å². The molecule has 0 saturated heterocycles. The van der Waals surface area contributed by atoms with Crippen molar-refractivity contribution in [2.75, 3.05) is 13.2 Å². The van der Waals surface area contributed by atoms with Crippen LogP contribution in [-0.4, -0.2) is 37.1 Å². The summed E-state index contributed by atoms with van der Waals surface area (Å²) in [4.78, 5) is 34.3. The van der Waals surface area contributed by atoms with E-state index in [2.05, 4.69) is 10.1 Å². The Bertz CT molecular complexity index is 539. The number of carbonyl (C=O) groups excluding carboxylic acids is 3. The molecule has 1 N–H and O–H groups in total. The fourth-order valence-corrected chi connectivity index (χ4v) is 1.52. The summed E-state index contributed by atoms with van der Waals surface area (Å²) >= 11 is 0. The van der Waals surface area contributed by atoms with Crippen molar-refractivity contribution < 1.29 is 23.9 Å². The molecule has 1 aromatic rings. The summed E-state index contributed by atoms with van der Waals surface area (Å²) < 4.78 is 9.55. The van der Waals surface area contributed by atoms with Crippen LogP contribution in [0.25, 0.3) is 0 Å². The van der Waals surface area contributed by atoms with E-state index in [4.69, 9.17) is 4.74 Å². The quantitative estimate of drug-likeness (QED) is 0.609. The predicted molar refractivity (Wildman–Crippen MR) is 80.1 cm³/mol. The average Bonchev–Trinajstić information content (AvgIpc) is 2.52. The van der Waals surface area contributed by atoms with Crippen molar-refractivity contribution in [2.45, 2.75) is 19.9 Å². The molecule has 0 saturated carbocycles. The number of hydrogen-bond acceptors (Lipinski definition) is 5. The van der Waals surface area contributed by atoms with Gasteiger partial charge in [0.15, 0.2) is 0 Å². The number of carbonyl (C=O) groups is 3. The van der Waals surface area contributed by atoms with Crippen LogP contribution in [0.1, 0.15) is 24.2 Å². The molecular weight excluding hydrogens is 286 g/mol. The number of esters is 2. The van der Waals surface area contributed by atoms with Gasteiger partial charge in [-0.05, 0) is 26.0 Å². The minimum atomic E-state index is -0.672. The highest BCUT2D eigenvalue weighted by Crippen LogP contribution is 1.99. The summed E-state index contributed by atoms with van der Waals surface area (Å²) in [5, 5.41) is 2.70. The minimum Gasteiger partial charge on any atom is -0.463 e. The molecule has 0 radical (unpaired) electrons. The fraction of sp³-hybridized carbons (Fsp3) is 0.312. The molecule has 0 unspecified atom stereocenters. The van der Waals surface area contributed by atoms with Crippen LogP contribution in [0.15, 0.2) is 42.5 Å². The summed E-state index contributed by atoms with van der Waals surface area (Å²) in [5.41, 5.74) is 0.530. The van der Waals surface area contributed by atoms with E-state index in [0.29, 0.717) is 5.56 Å². The topological polar surface area (TPSA) is 81.7 Å². The Labute approximate surface area is 129 Å². The van der Waals surface area contributed by atoms with Gasteiger partial charge in [0.05, 0.1) is 12.6 Å². The first-order valence-corrected chi connectivity index (χ1v) is 6.90. The Balaban J connectivity index is 2.34. The molecule has 1 rings (SSSR count). The van der Waals surface area contributed by atoms with Gasteiger partial charge in [0.1, 0.15) is 6.61 Å². The zero-order valence-corrected chi connectivity index (χ0v) is 12.6. The molecule has 1 amide bonds. The molecule has 118 valence electrons. The molecule has 0 fully saturated rings. The Morgan fingerprint density at radius 2 is 1.68 bits per heavy atom. The molecule has 0 spiro atoms. The number of nitrogens with one attached hydrogen (secondary N) is 1. The number of benzene rings is 1. The first-order chi connectivity index (χ1) is 10.5. The lowest BCUT2D eigenvalue weighted by atomic mass is 10.2. The van der Waals surface area contributed by atoms with E-state index in [1.165, 1.54) is 0 Å². The largest absolute Gasteiger partial charge is 0.463 e. The third kappa shape index (κ3) is 6.69. The zero-order valence-electron chi connectivity index (χ0n) is 12.6. The van der Waals surface area contributed by atoms with Crippen molar-refractivity contribution in [3.8, 4) is 0 Å². The molecule has 0 bridgehead atoms. The van der Waals surface area contributed by atoms with E-state index in [0.717, 1.165) is 12.2 Å². The van der Waals surface area contributed by atoms with E-state index in [1.807, 2.05) is 6.07 Å². The van der Waals surface area contributed by atoms with E-state index in [9.17, 15) is 14.4 Å². The maximum absolute atomic E-state index is 11.9. The monoisotopic (exact) mass is 305 g/mol. The maximum atomic E-state index is 11.9. The van der Waals surface area contributed by atoms with Crippen LogP contribution >= 0.6 is 0 Å². The van der Waals surface area contributed by atoms with E-state index >= 15 is 0 Å². The van der Waals surface area contributed by atoms with Crippen molar-refractivity contribution in [1.82, 2.24) is 5.32 Å². The summed E-state index contributed by atoms with van der Waals surface area (Å²) in [7, 11) is 0. The van der Waals surface area contributed by atoms with Gasteiger partial charge in [-0.15, -0.1) is 0 Å². The van der Waals surface area contributed by atoms with Gasteiger partial charge in [0.2, 0.25) is 0 Å². The van der Waals surface area contributed by atoms with Crippen LogP contribution in [0, 0.1) is 0 Å². The van der Waals surface area contributed by atoms with Crippen LogP contribution in [0.3, 0.4) is 0 Å². The van der Waals surface area contributed by atoms with Gasteiger partial charge in [-0.1, -0.05) is 18.2 Å². The molecule has 22 heavy (non-hydrogen) atoms. The van der Waals surface area contributed by atoms with E-state index in [-0.39, 0.29) is 25.2 Å². The van der Waals surface area contributed by atoms with Gasteiger partial charge in [0, 0.05) is 17.7 Å². The Morgan fingerprint density at radius 1 is 1.09 bits per heavy atom. The van der Waals surface area contributed by atoms with Crippen molar-refractivity contribution in [2.24, 2.45) is 0 Å². The Morgan fingerprint density at radius 3 is 2.27 bits per heavy atom. The highest BCUT2D eigenvalue weighted by molar-refractivity contribution is 5.94. The molecule has 1 atom stereocenters. The molecule has 6 heteroatoms. The highest BCUT2D eigenvalue weighted by Gasteiger charge is 2.10. The maximum Gasteiger partial charge on any atom is 0.331 e. The lowest BCUT2D eigenvalue weighted by molar-refractivity contribution is -0.140. The summed E-state index contributed by atoms with van der Waals surface area (Å²) in [6, 6.07) is 8.37. The summed E-state index contributed by atoms with van der Waals surface area (Å²) in [6.45, 7) is 3.62. The van der Waals surface area contributed by atoms with Crippen molar-refractivity contribution in [3.05, 3.63) is 48.0 Å². The molecule has 0 aliphatic rings. The molecular formula is C16H19NO5. The molecule has 0 aliphatic carbocycles. The van der Waals surface area contributed by atoms with Gasteiger partial charge in [-0.25, -0.2) is 9.59 Å². The van der Waals surface area contributed by atoms with Gasteiger partial charge < -0.3 is 14.8 Å². The lowest BCUT2D eigenvalue weighted by Crippen LogP contribution is -2.36. The standard InChI is InChI=1S/C16H19NO5/c1-3-21-14(18)9-10-15(19)22-11-12(2)17-16(20)13-7-5-4-6-8-13/h4-10,12H,3,11H2,1-2H3,(H,17,20)/b10-9+/t12-/m0/s1. The fourth-order valence-electron chi connectivity index (χ4n) is 1.52. The molecule has 0 aromatic heterocycles.